The third kappa shape index (κ3) is 3.30. The molecule has 2 aromatic carbocycles. The van der Waals surface area contributed by atoms with Gasteiger partial charge in [-0.05, 0) is 58.7 Å². The number of aryl methyl sites for hydroxylation is 1. The quantitative estimate of drug-likeness (QED) is 0.845. The van der Waals surface area contributed by atoms with Crippen LogP contribution in [-0.4, -0.2) is 4.99 Å². The highest BCUT2D eigenvalue weighted by atomic mass is 79.9. The fraction of sp³-hybridized carbons (Fsp3) is 0.0714. The zero-order valence-electron chi connectivity index (χ0n) is 10.1. The number of thiocarbonyl (C=S) groups is 1. The Kier molecular flexibility index (Phi) is 4.17. The summed E-state index contributed by atoms with van der Waals surface area (Å²) in [6.45, 7) is 1.89. The lowest BCUT2D eigenvalue weighted by Crippen LogP contribution is -2.10. The number of halogens is 2. The van der Waals surface area contributed by atoms with Gasteiger partial charge in [-0.3, -0.25) is 0 Å². The van der Waals surface area contributed by atoms with Crippen LogP contribution in [0, 0.1) is 12.7 Å². The van der Waals surface area contributed by atoms with Gasteiger partial charge < -0.3 is 10.5 Å². The van der Waals surface area contributed by atoms with Crippen LogP contribution in [0.15, 0.2) is 40.9 Å². The lowest BCUT2D eigenvalue weighted by atomic mass is 10.1. The Morgan fingerprint density at radius 2 is 1.84 bits per heavy atom. The standard InChI is InChI=1S/C14H11BrFNOS/c1-8-6-9(2-4-11(8)14(17)19)18-10-3-5-12(15)13(16)7-10/h2-7H,1H3,(H2,17,19). The lowest BCUT2D eigenvalue weighted by molar-refractivity contribution is 0.476. The van der Waals surface area contributed by atoms with Gasteiger partial charge in [0.15, 0.2) is 0 Å². The van der Waals surface area contributed by atoms with Crippen molar-refractivity contribution in [2.75, 3.05) is 0 Å². The average Bonchev–Trinajstić information content (AvgIpc) is 2.33. The van der Waals surface area contributed by atoms with Crippen LogP contribution in [0.3, 0.4) is 0 Å². The molecule has 0 fully saturated rings. The molecule has 0 aromatic heterocycles. The van der Waals surface area contributed by atoms with Crippen LogP contribution in [0.4, 0.5) is 4.39 Å². The van der Waals surface area contributed by atoms with Crippen LogP contribution in [0.25, 0.3) is 0 Å². The number of ether oxygens (including phenoxy) is 1. The van der Waals surface area contributed by atoms with E-state index in [0.717, 1.165) is 11.1 Å². The molecule has 2 nitrogen and oxygen atoms in total. The minimum atomic E-state index is -0.367. The monoisotopic (exact) mass is 339 g/mol. The second-order valence-electron chi connectivity index (χ2n) is 4.02. The van der Waals surface area contributed by atoms with Crippen molar-refractivity contribution in [3.05, 3.63) is 57.8 Å². The molecule has 0 unspecified atom stereocenters. The SMILES string of the molecule is Cc1cc(Oc2ccc(Br)c(F)c2)ccc1C(N)=S. The molecular formula is C14H11BrFNOS. The Bertz CT molecular complexity index is 645. The van der Waals surface area contributed by atoms with Gasteiger partial charge in [0.25, 0.3) is 0 Å². The molecule has 0 aliphatic heterocycles. The number of rotatable bonds is 3. The Labute approximate surface area is 124 Å². The summed E-state index contributed by atoms with van der Waals surface area (Å²) < 4.78 is 19.4. The van der Waals surface area contributed by atoms with Gasteiger partial charge >= 0.3 is 0 Å². The largest absolute Gasteiger partial charge is 0.457 e. The van der Waals surface area contributed by atoms with Crippen LogP contribution >= 0.6 is 28.1 Å². The van der Waals surface area contributed by atoms with E-state index in [9.17, 15) is 4.39 Å². The van der Waals surface area contributed by atoms with Crippen molar-refractivity contribution in [2.45, 2.75) is 6.92 Å². The first kappa shape index (κ1) is 14.0. The van der Waals surface area contributed by atoms with Gasteiger partial charge in [-0.25, -0.2) is 4.39 Å². The molecular weight excluding hydrogens is 329 g/mol. The highest BCUT2D eigenvalue weighted by Gasteiger charge is 2.06. The Hall–Kier alpha value is -1.46. The van der Waals surface area contributed by atoms with Gasteiger partial charge in [0, 0.05) is 11.6 Å². The van der Waals surface area contributed by atoms with Gasteiger partial charge in [-0.1, -0.05) is 12.2 Å². The summed E-state index contributed by atoms with van der Waals surface area (Å²) in [4.78, 5) is 0.346. The van der Waals surface area contributed by atoms with E-state index >= 15 is 0 Å². The van der Waals surface area contributed by atoms with E-state index < -0.39 is 0 Å². The zero-order chi connectivity index (χ0) is 14.0. The normalized spacial score (nSPS) is 10.3. The van der Waals surface area contributed by atoms with Crippen molar-refractivity contribution in [1.82, 2.24) is 0 Å². The van der Waals surface area contributed by atoms with Crippen LogP contribution in [0.1, 0.15) is 11.1 Å². The van der Waals surface area contributed by atoms with Crippen LogP contribution in [0.5, 0.6) is 11.5 Å². The van der Waals surface area contributed by atoms with E-state index in [0.29, 0.717) is 21.0 Å². The van der Waals surface area contributed by atoms with E-state index in [4.69, 9.17) is 22.7 Å². The first-order valence-corrected chi connectivity index (χ1v) is 6.71. The topological polar surface area (TPSA) is 35.2 Å². The summed E-state index contributed by atoms with van der Waals surface area (Å²) in [6.07, 6.45) is 0. The molecule has 0 heterocycles. The molecule has 0 atom stereocenters. The minimum absolute atomic E-state index is 0.346. The predicted molar refractivity (Wildman–Crippen MR) is 81.2 cm³/mol. The first-order chi connectivity index (χ1) is 8.97. The summed E-state index contributed by atoms with van der Waals surface area (Å²) in [5.41, 5.74) is 7.32. The van der Waals surface area contributed by atoms with Gasteiger partial charge in [-0.2, -0.15) is 0 Å². The summed E-state index contributed by atoms with van der Waals surface area (Å²) in [7, 11) is 0. The van der Waals surface area contributed by atoms with Crippen molar-refractivity contribution >= 4 is 33.1 Å². The smallest absolute Gasteiger partial charge is 0.141 e. The van der Waals surface area contributed by atoms with Gasteiger partial charge in [0.1, 0.15) is 22.3 Å². The molecule has 2 N–H and O–H groups in total. The molecule has 2 aromatic rings. The van der Waals surface area contributed by atoms with Crippen molar-refractivity contribution in [1.29, 1.82) is 0 Å². The molecule has 0 saturated carbocycles. The molecule has 0 spiro atoms. The highest BCUT2D eigenvalue weighted by Crippen LogP contribution is 2.27. The van der Waals surface area contributed by atoms with Crippen molar-refractivity contribution in [3.63, 3.8) is 0 Å². The number of hydrogen-bond donors (Lipinski definition) is 1. The summed E-state index contributed by atoms with van der Waals surface area (Å²) in [5.74, 6) is 0.677. The Balaban J connectivity index is 2.26. The number of benzene rings is 2. The van der Waals surface area contributed by atoms with Crippen molar-refractivity contribution < 1.29 is 9.13 Å². The van der Waals surface area contributed by atoms with Crippen LogP contribution in [0.2, 0.25) is 0 Å². The number of hydrogen-bond acceptors (Lipinski definition) is 2. The summed E-state index contributed by atoms with van der Waals surface area (Å²) in [5, 5.41) is 0. The number of nitrogens with two attached hydrogens (primary N) is 1. The van der Waals surface area contributed by atoms with E-state index in [1.165, 1.54) is 6.07 Å². The Morgan fingerprint density at radius 1 is 1.21 bits per heavy atom. The van der Waals surface area contributed by atoms with Gasteiger partial charge in [0.05, 0.1) is 4.47 Å². The molecule has 98 valence electrons. The minimum Gasteiger partial charge on any atom is -0.457 e. The second kappa shape index (κ2) is 5.67. The van der Waals surface area contributed by atoms with Gasteiger partial charge in [-0.15, -0.1) is 0 Å². The fourth-order valence-corrected chi connectivity index (χ4v) is 2.13. The molecule has 0 radical (unpaired) electrons. The Morgan fingerprint density at radius 3 is 2.42 bits per heavy atom. The summed E-state index contributed by atoms with van der Waals surface area (Å²) in [6, 6.07) is 9.96. The van der Waals surface area contributed by atoms with Crippen LogP contribution in [-0.2, 0) is 0 Å². The van der Waals surface area contributed by atoms with E-state index in [1.807, 2.05) is 13.0 Å². The fourth-order valence-electron chi connectivity index (χ4n) is 1.65. The molecule has 0 amide bonds. The maximum Gasteiger partial charge on any atom is 0.141 e. The highest BCUT2D eigenvalue weighted by molar-refractivity contribution is 9.10. The molecule has 0 saturated heterocycles. The molecule has 2 rings (SSSR count). The van der Waals surface area contributed by atoms with Crippen molar-refractivity contribution in [2.24, 2.45) is 5.73 Å². The predicted octanol–water partition coefficient (Wildman–Crippen LogP) is 4.32. The van der Waals surface area contributed by atoms with Crippen molar-refractivity contribution in [3.8, 4) is 11.5 Å². The molecule has 0 bridgehead atoms. The van der Waals surface area contributed by atoms with E-state index in [2.05, 4.69) is 15.9 Å². The first-order valence-electron chi connectivity index (χ1n) is 5.51. The molecule has 0 aliphatic carbocycles. The molecule has 0 aliphatic rings. The van der Waals surface area contributed by atoms with Crippen LogP contribution < -0.4 is 10.5 Å². The van der Waals surface area contributed by atoms with E-state index in [1.54, 1.807) is 24.3 Å². The zero-order valence-corrected chi connectivity index (χ0v) is 12.5. The third-order valence-corrected chi connectivity index (χ3v) is 3.45. The maximum atomic E-state index is 13.4. The third-order valence-electron chi connectivity index (χ3n) is 2.59. The van der Waals surface area contributed by atoms with E-state index in [-0.39, 0.29) is 5.82 Å². The average molecular weight is 340 g/mol. The second-order valence-corrected chi connectivity index (χ2v) is 5.31. The molecule has 19 heavy (non-hydrogen) atoms. The maximum absolute atomic E-state index is 13.4. The molecule has 5 heteroatoms. The lowest BCUT2D eigenvalue weighted by Gasteiger charge is -2.09. The van der Waals surface area contributed by atoms with Gasteiger partial charge in [0.2, 0.25) is 0 Å². The summed E-state index contributed by atoms with van der Waals surface area (Å²) >= 11 is 8.03.